The minimum Gasteiger partial charge on any atom is -0.193 e. The van der Waals surface area contributed by atoms with Crippen molar-refractivity contribution in [3.8, 4) is 0 Å². The Kier molecular flexibility index (Phi) is 2.55. The van der Waals surface area contributed by atoms with Gasteiger partial charge in [-0.1, -0.05) is 40.5 Å². The molecule has 0 aliphatic carbocycles. The van der Waals surface area contributed by atoms with Crippen molar-refractivity contribution in [3.05, 3.63) is 24.3 Å². The van der Waals surface area contributed by atoms with E-state index in [9.17, 15) is 4.39 Å². The molecule has 0 bridgehead atoms. The van der Waals surface area contributed by atoms with Crippen molar-refractivity contribution in [2.45, 2.75) is 3.92 Å². The Labute approximate surface area is 93.3 Å². The first kappa shape index (κ1) is 10.0. The summed E-state index contributed by atoms with van der Waals surface area (Å²) in [6.07, 6.45) is 0. The highest BCUT2D eigenvalue weighted by Gasteiger charge is 2.26. The Morgan fingerprint density at radius 3 is 2.79 bits per heavy atom. The number of rotatable bonds is 2. The van der Waals surface area contributed by atoms with Gasteiger partial charge in [-0.2, -0.15) is 8.48 Å². The maximum atomic E-state index is 12.9. The van der Waals surface area contributed by atoms with Gasteiger partial charge < -0.3 is 0 Å². The molecule has 2 rings (SSSR count). The van der Waals surface area contributed by atoms with E-state index in [1.807, 2.05) is 6.07 Å². The van der Waals surface area contributed by atoms with Crippen LogP contribution in [-0.2, 0) is 0 Å². The average Bonchev–Trinajstić information content (AvgIpc) is 2.47. The summed E-state index contributed by atoms with van der Waals surface area (Å²) in [5.41, 5.74) is 1.33. The van der Waals surface area contributed by atoms with Crippen LogP contribution in [0.25, 0.3) is 11.0 Å². The molecule has 14 heavy (non-hydrogen) atoms. The summed E-state index contributed by atoms with van der Waals surface area (Å²) in [6.45, 7) is 0. The van der Waals surface area contributed by atoms with Crippen LogP contribution in [0.15, 0.2) is 24.3 Å². The highest BCUT2D eigenvalue weighted by Crippen LogP contribution is 2.37. The van der Waals surface area contributed by atoms with Crippen LogP contribution in [0.4, 0.5) is 4.39 Å². The molecule has 74 valence electrons. The first-order valence-electron chi connectivity index (χ1n) is 3.63. The van der Waals surface area contributed by atoms with Crippen LogP contribution >= 0.6 is 35.1 Å². The Morgan fingerprint density at radius 1 is 1.36 bits per heavy atom. The lowest BCUT2D eigenvalue weighted by Crippen LogP contribution is -2.02. The van der Waals surface area contributed by atoms with E-state index in [1.54, 1.807) is 18.2 Å². The maximum absolute atomic E-state index is 12.9. The summed E-state index contributed by atoms with van der Waals surface area (Å²) >= 11 is 10.9. The standard InChI is InChI=1S/C7H4Cl2FN3S/c8-7(9,10)14-13-6-4-2-1-3-5(6)11-12-13/h1-4H. The number of fused-ring (bicyclic) bond motifs is 1. The summed E-state index contributed by atoms with van der Waals surface area (Å²) in [5, 5.41) is 7.51. The third-order valence-electron chi connectivity index (χ3n) is 1.51. The molecular weight excluding hydrogens is 248 g/mol. The van der Waals surface area contributed by atoms with Crippen LogP contribution in [-0.4, -0.2) is 18.3 Å². The number of hydrogen-bond acceptors (Lipinski definition) is 3. The second kappa shape index (κ2) is 3.56. The number of para-hydroxylation sites is 1. The van der Waals surface area contributed by atoms with Gasteiger partial charge in [-0.15, -0.1) is 5.10 Å². The Hall–Kier alpha value is -0.520. The van der Waals surface area contributed by atoms with E-state index in [0.29, 0.717) is 23.0 Å². The van der Waals surface area contributed by atoms with Gasteiger partial charge in [0.25, 0.3) is 0 Å². The van der Waals surface area contributed by atoms with Crippen molar-refractivity contribution in [1.82, 2.24) is 14.4 Å². The molecule has 0 atom stereocenters. The zero-order valence-corrected chi connectivity index (χ0v) is 9.02. The summed E-state index contributed by atoms with van der Waals surface area (Å²) < 4.78 is 11.7. The first-order chi connectivity index (χ1) is 6.56. The molecule has 1 aromatic carbocycles. The molecule has 0 unspecified atom stereocenters. The quantitative estimate of drug-likeness (QED) is 0.770. The molecule has 0 aliphatic rings. The topological polar surface area (TPSA) is 30.7 Å². The van der Waals surface area contributed by atoms with Crippen LogP contribution in [0, 0.1) is 0 Å². The number of aromatic nitrogens is 3. The fourth-order valence-corrected chi connectivity index (χ4v) is 1.93. The number of halogens is 3. The van der Waals surface area contributed by atoms with E-state index in [0.717, 1.165) is 0 Å². The van der Waals surface area contributed by atoms with Gasteiger partial charge in [0.1, 0.15) is 11.0 Å². The lowest BCUT2D eigenvalue weighted by atomic mass is 10.3. The lowest BCUT2D eigenvalue weighted by molar-refractivity contribution is 0.513. The van der Waals surface area contributed by atoms with Crippen LogP contribution in [0.3, 0.4) is 0 Å². The van der Waals surface area contributed by atoms with Gasteiger partial charge in [-0.3, -0.25) is 0 Å². The zero-order valence-electron chi connectivity index (χ0n) is 6.69. The number of alkyl halides is 3. The molecule has 0 saturated carbocycles. The largest absolute Gasteiger partial charge is 0.325 e. The molecule has 1 heterocycles. The monoisotopic (exact) mass is 251 g/mol. The Bertz CT molecular complexity index is 453. The molecule has 0 fully saturated rings. The van der Waals surface area contributed by atoms with Gasteiger partial charge in [-0.25, -0.2) is 0 Å². The fourth-order valence-electron chi connectivity index (χ4n) is 1.01. The van der Waals surface area contributed by atoms with Gasteiger partial charge in [0, 0.05) is 0 Å². The van der Waals surface area contributed by atoms with Gasteiger partial charge in [0.05, 0.1) is 11.9 Å². The highest BCUT2D eigenvalue weighted by molar-refractivity contribution is 8.01. The van der Waals surface area contributed by atoms with Crippen molar-refractivity contribution in [2.75, 3.05) is 0 Å². The number of benzene rings is 1. The molecule has 0 radical (unpaired) electrons. The van der Waals surface area contributed by atoms with E-state index in [1.165, 1.54) is 4.09 Å². The lowest BCUT2D eigenvalue weighted by Gasteiger charge is -2.06. The predicted molar refractivity (Wildman–Crippen MR) is 56.1 cm³/mol. The molecule has 2 aromatic rings. The summed E-state index contributed by atoms with van der Waals surface area (Å²) in [7, 11) is 0. The minimum atomic E-state index is -2.41. The molecule has 3 nitrogen and oxygen atoms in total. The summed E-state index contributed by atoms with van der Waals surface area (Å²) in [5.74, 6) is 0. The fraction of sp³-hybridized carbons (Fsp3) is 0.143. The summed E-state index contributed by atoms with van der Waals surface area (Å²) in [4.78, 5) is 0. The van der Waals surface area contributed by atoms with Gasteiger partial charge in [0.2, 0.25) is 0 Å². The van der Waals surface area contributed by atoms with Gasteiger partial charge >= 0.3 is 3.92 Å². The van der Waals surface area contributed by atoms with E-state index in [-0.39, 0.29) is 0 Å². The second-order valence-electron chi connectivity index (χ2n) is 2.49. The first-order valence-corrected chi connectivity index (χ1v) is 5.16. The third-order valence-corrected chi connectivity index (χ3v) is 2.58. The Morgan fingerprint density at radius 2 is 2.07 bits per heavy atom. The molecular formula is C7H4Cl2FN3S. The van der Waals surface area contributed by atoms with Gasteiger partial charge in [-0.05, 0) is 12.1 Å². The van der Waals surface area contributed by atoms with Crippen molar-refractivity contribution >= 4 is 46.2 Å². The highest BCUT2D eigenvalue weighted by atomic mass is 35.5. The van der Waals surface area contributed by atoms with Crippen molar-refractivity contribution < 1.29 is 4.39 Å². The zero-order chi connectivity index (χ0) is 10.2. The third kappa shape index (κ3) is 2.10. The predicted octanol–water partition coefficient (Wildman–Crippen LogP) is 2.99. The number of hydrogen-bond donors (Lipinski definition) is 0. The Balaban J connectivity index is 2.44. The minimum absolute atomic E-state index is 0.544. The summed E-state index contributed by atoms with van der Waals surface area (Å²) in [6, 6.07) is 7.13. The van der Waals surface area contributed by atoms with Crippen molar-refractivity contribution in [1.29, 1.82) is 0 Å². The van der Waals surface area contributed by atoms with E-state index in [2.05, 4.69) is 10.3 Å². The molecule has 0 N–H and O–H groups in total. The normalized spacial score (nSPS) is 12.2. The smallest absolute Gasteiger partial charge is 0.193 e. The van der Waals surface area contributed by atoms with Crippen LogP contribution < -0.4 is 0 Å². The SMILES string of the molecule is FC(Cl)(Cl)Sn1nnc2ccccc21. The maximum Gasteiger partial charge on any atom is 0.325 e. The molecule has 0 spiro atoms. The van der Waals surface area contributed by atoms with Crippen LogP contribution in [0.1, 0.15) is 0 Å². The molecule has 0 aliphatic heterocycles. The molecule has 0 amide bonds. The second-order valence-corrected chi connectivity index (χ2v) is 5.26. The molecule has 1 aromatic heterocycles. The van der Waals surface area contributed by atoms with Gasteiger partial charge in [0.15, 0.2) is 0 Å². The number of nitrogens with zero attached hydrogens (tertiary/aromatic N) is 3. The van der Waals surface area contributed by atoms with Crippen molar-refractivity contribution in [3.63, 3.8) is 0 Å². The van der Waals surface area contributed by atoms with E-state index >= 15 is 0 Å². The van der Waals surface area contributed by atoms with Crippen LogP contribution in [0.2, 0.25) is 0 Å². The van der Waals surface area contributed by atoms with E-state index in [4.69, 9.17) is 23.2 Å². The van der Waals surface area contributed by atoms with Crippen molar-refractivity contribution in [2.24, 2.45) is 0 Å². The van der Waals surface area contributed by atoms with Crippen LogP contribution in [0.5, 0.6) is 0 Å². The van der Waals surface area contributed by atoms with E-state index < -0.39 is 3.92 Å². The average molecular weight is 252 g/mol. The molecule has 7 heteroatoms. The molecule has 0 saturated heterocycles.